The normalized spacial score (nSPS) is 15.8. The van der Waals surface area contributed by atoms with Gasteiger partial charge in [-0.15, -0.1) is 0 Å². The van der Waals surface area contributed by atoms with Crippen molar-refractivity contribution in [2.75, 3.05) is 26.3 Å². The maximum absolute atomic E-state index is 10.2. The van der Waals surface area contributed by atoms with E-state index in [1.807, 2.05) is 24.3 Å². The first-order valence-corrected chi connectivity index (χ1v) is 7.04. The van der Waals surface area contributed by atoms with Crippen molar-refractivity contribution in [2.24, 2.45) is 0 Å². The van der Waals surface area contributed by atoms with E-state index in [1.54, 1.807) is 11.0 Å². The van der Waals surface area contributed by atoms with E-state index in [0.29, 0.717) is 37.4 Å². The van der Waals surface area contributed by atoms with Gasteiger partial charge >= 0.3 is 0 Å². The number of amidine groups is 1. The van der Waals surface area contributed by atoms with E-state index in [-0.39, 0.29) is 17.2 Å². The summed E-state index contributed by atoms with van der Waals surface area (Å²) in [5.41, 5.74) is 1.45. The maximum Gasteiger partial charge on any atom is 0.148 e. The number of para-hydroxylation sites is 1. The first-order chi connectivity index (χ1) is 10.7. The molecule has 3 N–H and O–H groups in total. The fourth-order valence-corrected chi connectivity index (χ4v) is 2.51. The third-order valence-corrected chi connectivity index (χ3v) is 3.70. The molecule has 1 aromatic heterocycles. The van der Waals surface area contributed by atoms with E-state index in [0.717, 1.165) is 5.52 Å². The molecule has 1 fully saturated rings. The molecule has 0 aliphatic carbocycles. The molecule has 2 aromatic rings. The summed E-state index contributed by atoms with van der Waals surface area (Å²) in [5, 5.41) is 28.5. The number of nitriles is 1. The molecule has 6 heteroatoms. The molecule has 0 amide bonds. The average molecular weight is 296 g/mol. The molecule has 1 aromatic carbocycles. The van der Waals surface area contributed by atoms with Crippen molar-refractivity contribution in [1.29, 1.82) is 10.7 Å². The van der Waals surface area contributed by atoms with E-state index in [1.165, 1.54) is 6.08 Å². The van der Waals surface area contributed by atoms with Crippen LogP contribution in [0.3, 0.4) is 0 Å². The Morgan fingerprint density at radius 3 is 2.77 bits per heavy atom. The summed E-state index contributed by atoms with van der Waals surface area (Å²) in [4.78, 5) is 4.87. The number of aromatic nitrogens is 1. The standard InChI is InChI=1S/C16H16N4O2/c17-10-11(16(18)20-5-7-22-8-6-20)9-14-15(21)12-3-1-2-4-13(12)19-14/h1-4,9,18-19,21H,5-8H2. The van der Waals surface area contributed by atoms with Crippen molar-refractivity contribution in [3.05, 3.63) is 35.5 Å². The number of hydrogen-bond acceptors (Lipinski definition) is 4. The lowest BCUT2D eigenvalue weighted by Gasteiger charge is -2.28. The molecule has 1 aliphatic rings. The quantitative estimate of drug-likeness (QED) is 0.449. The molecule has 2 heterocycles. The summed E-state index contributed by atoms with van der Waals surface area (Å²) in [7, 11) is 0. The number of fused-ring (bicyclic) bond motifs is 1. The number of hydrogen-bond donors (Lipinski definition) is 3. The van der Waals surface area contributed by atoms with Crippen LogP contribution in [0.4, 0.5) is 0 Å². The monoisotopic (exact) mass is 296 g/mol. The summed E-state index contributed by atoms with van der Waals surface area (Å²) in [5.74, 6) is 0.252. The van der Waals surface area contributed by atoms with Gasteiger partial charge in [-0.1, -0.05) is 12.1 Å². The molecule has 0 atom stereocenters. The van der Waals surface area contributed by atoms with Crippen LogP contribution in [0.25, 0.3) is 17.0 Å². The Balaban J connectivity index is 1.94. The molecule has 1 aliphatic heterocycles. The smallest absolute Gasteiger partial charge is 0.148 e. The Hall–Kier alpha value is -2.78. The molecular weight excluding hydrogens is 280 g/mol. The SMILES string of the molecule is N#CC(=Cc1[nH]c2ccccc2c1O)C(=N)N1CCOCC1. The van der Waals surface area contributed by atoms with Crippen LogP contribution >= 0.6 is 0 Å². The lowest BCUT2D eigenvalue weighted by atomic mass is 10.1. The maximum atomic E-state index is 10.2. The van der Waals surface area contributed by atoms with Crippen LogP contribution < -0.4 is 0 Å². The highest BCUT2D eigenvalue weighted by Crippen LogP contribution is 2.30. The Morgan fingerprint density at radius 2 is 2.09 bits per heavy atom. The summed E-state index contributed by atoms with van der Waals surface area (Å²) in [6.45, 7) is 2.30. The number of rotatable bonds is 2. The third kappa shape index (κ3) is 2.54. The second kappa shape index (κ2) is 5.92. The molecule has 0 bridgehead atoms. The third-order valence-electron chi connectivity index (χ3n) is 3.70. The van der Waals surface area contributed by atoms with Gasteiger partial charge < -0.3 is 19.7 Å². The molecule has 22 heavy (non-hydrogen) atoms. The van der Waals surface area contributed by atoms with E-state index >= 15 is 0 Å². The topological polar surface area (TPSA) is 96.1 Å². The number of aromatic amines is 1. The highest BCUT2D eigenvalue weighted by molar-refractivity contribution is 6.04. The number of benzene rings is 1. The predicted molar refractivity (Wildman–Crippen MR) is 83.7 cm³/mol. The summed E-state index contributed by atoms with van der Waals surface area (Å²) >= 11 is 0. The molecular formula is C16H16N4O2. The van der Waals surface area contributed by atoms with Crippen molar-refractivity contribution in [2.45, 2.75) is 0 Å². The predicted octanol–water partition coefficient (Wildman–Crippen LogP) is 2.09. The highest BCUT2D eigenvalue weighted by Gasteiger charge is 2.18. The van der Waals surface area contributed by atoms with Crippen LogP contribution in [0.2, 0.25) is 0 Å². The second-order valence-corrected chi connectivity index (χ2v) is 5.05. The van der Waals surface area contributed by atoms with Crippen LogP contribution in [0.5, 0.6) is 5.75 Å². The molecule has 0 spiro atoms. The summed E-state index contributed by atoms with van der Waals surface area (Å²) < 4.78 is 5.25. The van der Waals surface area contributed by atoms with Crippen LogP contribution in [0.15, 0.2) is 29.8 Å². The van der Waals surface area contributed by atoms with E-state index in [2.05, 4.69) is 4.98 Å². The molecule has 0 radical (unpaired) electrons. The van der Waals surface area contributed by atoms with E-state index < -0.39 is 0 Å². The van der Waals surface area contributed by atoms with Gasteiger partial charge in [-0.2, -0.15) is 5.26 Å². The average Bonchev–Trinajstić information content (AvgIpc) is 2.89. The van der Waals surface area contributed by atoms with Gasteiger partial charge in [0.25, 0.3) is 0 Å². The first kappa shape index (κ1) is 14.2. The minimum atomic E-state index is 0.0955. The number of nitrogens with one attached hydrogen (secondary N) is 2. The zero-order valence-electron chi connectivity index (χ0n) is 12.0. The zero-order valence-corrected chi connectivity index (χ0v) is 12.0. The van der Waals surface area contributed by atoms with E-state index in [4.69, 9.17) is 10.1 Å². The van der Waals surface area contributed by atoms with Gasteiger partial charge in [-0.25, -0.2) is 0 Å². The van der Waals surface area contributed by atoms with Crippen molar-refractivity contribution < 1.29 is 9.84 Å². The lowest BCUT2D eigenvalue weighted by molar-refractivity contribution is 0.0680. The fourth-order valence-electron chi connectivity index (χ4n) is 2.51. The lowest BCUT2D eigenvalue weighted by Crippen LogP contribution is -2.40. The minimum Gasteiger partial charge on any atom is -0.505 e. The summed E-state index contributed by atoms with van der Waals surface area (Å²) in [6.07, 6.45) is 1.52. The Bertz CT molecular complexity index is 779. The van der Waals surface area contributed by atoms with Crippen molar-refractivity contribution >= 4 is 22.8 Å². The van der Waals surface area contributed by atoms with Crippen LogP contribution in [-0.2, 0) is 4.74 Å². The number of morpholine rings is 1. The van der Waals surface area contributed by atoms with Gasteiger partial charge in [0.2, 0.25) is 0 Å². The highest BCUT2D eigenvalue weighted by atomic mass is 16.5. The Kier molecular flexibility index (Phi) is 3.81. The van der Waals surface area contributed by atoms with Gasteiger partial charge in [-0.05, 0) is 18.2 Å². The van der Waals surface area contributed by atoms with Crippen molar-refractivity contribution in [3.63, 3.8) is 0 Å². The Morgan fingerprint density at radius 1 is 1.36 bits per heavy atom. The van der Waals surface area contributed by atoms with Crippen LogP contribution in [0.1, 0.15) is 5.69 Å². The number of nitrogens with zero attached hydrogens (tertiary/aromatic N) is 2. The van der Waals surface area contributed by atoms with Gasteiger partial charge in [0.1, 0.15) is 17.7 Å². The van der Waals surface area contributed by atoms with Gasteiger partial charge in [0.15, 0.2) is 0 Å². The molecule has 1 saturated heterocycles. The van der Waals surface area contributed by atoms with E-state index in [9.17, 15) is 10.4 Å². The zero-order chi connectivity index (χ0) is 15.5. The van der Waals surface area contributed by atoms with Crippen LogP contribution in [0, 0.1) is 16.7 Å². The minimum absolute atomic E-state index is 0.0955. The van der Waals surface area contributed by atoms with Crippen molar-refractivity contribution in [3.8, 4) is 11.8 Å². The molecule has 112 valence electrons. The number of H-pyrrole nitrogens is 1. The van der Waals surface area contributed by atoms with Crippen molar-refractivity contribution in [1.82, 2.24) is 9.88 Å². The van der Waals surface area contributed by atoms with Gasteiger partial charge in [-0.3, -0.25) is 5.41 Å². The molecule has 3 rings (SSSR count). The molecule has 0 saturated carbocycles. The number of aromatic hydroxyl groups is 1. The largest absolute Gasteiger partial charge is 0.505 e. The number of ether oxygens (including phenoxy) is 1. The Labute approximate surface area is 127 Å². The van der Waals surface area contributed by atoms with Gasteiger partial charge in [0.05, 0.1) is 24.5 Å². The fraction of sp³-hybridized carbons (Fsp3) is 0.250. The van der Waals surface area contributed by atoms with Gasteiger partial charge in [0, 0.05) is 24.0 Å². The first-order valence-electron chi connectivity index (χ1n) is 7.04. The summed E-state index contributed by atoms with van der Waals surface area (Å²) in [6, 6.07) is 9.40. The molecule has 6 nitrogen and oxygen atoms in total. The van der Waals surface area contributed by atoms with Crippen LogP contribution in [-0.4, -0.2) is 47.1 Å². The second-order valence-electron chi connectivity index (χ2n) is 5.05. The molecule has 0 unspecified atom stereocenters.